The number of hydrogen-bond donors (Lipinski definition) is 0. The van der Waals surface area contributed by atoms with Crippen molar-refractivity contribution in [1.82, 2.24) is 0 Å². The van der Waals surface area contributed by atoms with Crippen molar-refractivity contribution in [2.24, 2.45) is 5.92 Å². The van der Waals surface area contributed by atoms with Crippen molar-refractivity contribution in [3.8, 4) is 0 Å². The maximum atomic E-state index is 12.0. The molecule has 1 fully saturated rings. The van der Waals surface area contributed by atoms with Gasteiger partial charge >= 0.3 is 6.09 Å². The molecule has 1 aliphatic heterocycles. The molecule has 1 heterocycles. The normalized spacial score (nSPS) is 15.0. The minimum absolute atomic E-state index is 0.284. The van der Waals surface area contributed by atoms with E-state index < -0.39 is 0 Å². The van der Waals surface area contributed by atoms with E-state index in [4.69, 9.17) is 9.47 Å². The van der Waals surface area contributed by atoms with E-state index in [1.54, 1.807) is 4.90 Å². The Kier molecular flexibility index (Phi) is 4.20. The summed E-state index contributed by atoms with van der Waals surface area (Å²) in [5, 5.41) is 0. The summed E-state index contributed by atoms with van der Waals surface area (Å²) in [4.78, 5) is 13.6. The summed E-state index contributed by atoms with van der Waals surface area (Å²) in [7, 11) is 0. The number of rotatable bonds is 4. The summed E-state index contributed by atoms with van der Waals surface area (Å²) in [6.45, 7) is 6.40. The number of carbonyl (C=O) groups excluding carboxylic acids is 1. The highest BCUT2D eigenvalue weighted by Gasteiger charge is 2.22. The van der Waals surface area contributed by atoms with Crippen LogP contribution in [-0.2, 0) is 9.47 Å². The molecule has 2 rings (SSSR count). The van der Waals surface area contributed by atoms with Crippen LogP contribution in [0.2, 0.25) is 0 Å². The predicted molar refractivity (Wildman–Crippen MR) is 69.9 cm³/mol. The largest absolute Gasteiger partial charge is 0.449 e. The van der Waals surface area contributed by atoms with E-state index >= 15 is 0 Å². The molecule has 18 heavy (non-hydrogen) atoms. The number of benzene rings is 1. The summed E-state index contributed by atoms with van der Waals surface area (Å²) in [6, 6.07) is 7.86. The average molecular weight is 249 g/mol. The molecule has 0 N–H and O–H groups in total. The van der Waals surface area contributed by atoms with E-state index in [2.05, 4.69) is 0 Å². The highest BCUT2D eigenvalue weighted by Crippen LogP contribution is 2.17. The Morgan fingerprint density at radius 2 is 2.06 bits per heavy atom. The molecule has 0 unspecified atom stereocenters. The standard InChI is InChI=1S/C14H19NO3/c1-3-15(13-6-4-11(2)5-7-13)14(16)18-10-12-8-17-9-12/h4-7,12H,3,8-10H2,1-2H3. The Morgan fingerprint density at radius 1 is 1.39 bits per heavy atom. The molecular formula is C14H19NO3. The quantitative estimate of drug-likeness (QED) is 0.823. The van der Waals surface area contributed by atoms with Crippen molar-refractivity contribution in [1.29, 1.82) is 0 Å². The summed E-state index contributed by atoms with van der Waals surface area (Å²) in [5.74, 6) is 0.366. The fraction of sp³-hybridized carbons (Fsp3) is 0.500. The lowest BCUT2D eigenvalue weighted by atomic mass is 10.1. The predicted octanol–water partition coefficient (Wildman–Crippen LogP) is 2.60. The van der Waals surface area contributed by atoms with E-state index in [1.165, 1.54) is 5.56 Å². The van der Waals surface area contributed by atoms with Gasteiger partial charge in [0.25, 0.3) is 0 Å². The molecule has 4 heteroatoms. The highest BCUT2D eigenvalue weighted by molar-refractivity contribution is 5.87. The molecule has 4 nitrogen and oxygen atoms in total. The Hall–Kier alpha value is -1.55. The first-order valence-corrected chi connectivity index (χ1v) is 6.29. The van der Waals surface area contributed by atoms with Crippen LogP contribution in [0.4, 0.5) is 10.5 Å². The Bertz CT molecular complexity index is 398. The molecule has 0 bridgehead atoms. The average Bonchev–Trinajstić information content (AvgIpc) is 2.30. The van der Waals surface area contributed by atoms with E-state index in [9.17, 15) is 4.79 Å². The number of aryl methyl sites for hydroxylation is 1. The second-order valence-electron chi connectivity index (χ2n) is 4.56. The number of hydrogen-bond acceptors (Lipinski definition) is 3. The van der Waals surface area contributed by atoms with Crippen LogP contribution in [0, 0.1) is 12.8 Å². The van der Waals surface area contributed by atoms with Crippen molar-refractivity contribution in [3.63, 3.8) is 0 Å². The molecule has 0 spiro atoms. The lowest BCUT2D eigenvalue weighted by molar-refractivity contribution is -0.0572. The van der Waals surface area contributed by atoms with Crippen molar-refractivity contribution in [3.05, 3.63) is 29.8 Å². The van der Waals surface area contributed by atoms with Crippen LogP contribution in [0.25, 0.3) is 0 Å². The lowest BCUT2D eigenvalue weighted by Crippen LogP contribution is -2.37. The van der Waals surface area contributed by atoms with Crippen molar-refractivity contribution in [2.75, 3.05) is 31.3 Å². The molecule has 1 amide bonds. The number of amides is 1. The summed E-state index contributed by atoms with van der Waals surface area (Å²) < 4.78 is 10.3. The molecule has 0 aromatic heterocycles. The second kappa shape index (κ2) is 5.87. The molecule has 1 aromatic rings. The topological polar surface area (TPSA) is 38.8 Å². The van der Waals surface area contributed by atoms with Crippen molar-refractivity contribution in [2.45, 2.75) is 13.8 Å². The second-order valence-corrected chi connectivity index (χ2v) is 4.56. The molecule has 98 valence electrons. The lowest BCUT2D eigenvalue weighted by Gasteiger charge is -2.27. The summed E-state index contributed by atoms with van der Waals surface area (Å²) in [6.07, 6.45) is -0.284. The van der Waals surface area contributed by atoms with Gasteiger partial charge in [0.2, 0.25) is 0 Å². The summed E-state index contributed by atoms with van der Waals surface area (Å²) >= 11 is 0. The molecule has 0 atom stereocenters. The zero-order valence-electron chi connectivity index (χ0n) is 10.9. The minimum Gasteiger partial charge on any atom is -0.449 e. The van der Waals surface area contributed by atoms with Gasteiger partial charge in [0.15, 0.2) is 0 Å². The van der Waals surface area contributed by atoms with Gasteiger partial charge in [-0.2, -0.15) is 0 Å². The fourth-order valence-electron chi connectivity index (χ4n) is 1.79. The zero-order chi connectivity index (χ0) is 13.0. The monoisotopic (exact) mass is 249 g/mol. The Morgan fingerprint density at radius 3 is 2.56 bits per heavy atom. The third-order valence-electron chi connectivity index (χ3n) is 3.03. The van der Waals surface area contributed by atoms with Crippen molar-refractivity contribution < 1.29 is 14.3 Å². The van der Waals surface area contributed by atoms with Crippen LogP contribution < -0.4 is 4.90 Å². The zero-order valence-corrected chi connectivity index (χ0v) is 10.9. The third kappa shape index (κ3) is 3.01. The van der Waals surface area contributed by atoms with Crippen LogP contribution in [0.5, 0.6) is 0 Å². The SMILES string of the molecule is CCN(C(=O)OCC1COC1)c1ccc(C)cc1. The number of carbonyl (C=O) groups is 1. The van der Waals surface area contributed by atoms with Crippen LogP contribution >= 0.6 is 0 Å². The molecule has 0 radical (unpaired) electrons. The Labute approximate surface area is 107 Å². The first-order chi connectivity index (χ1) is 8.70. The van der Waals surface area contributed by atoms with Gasteiger partial charge in [0.1, 0.15) is 6.61 Å². The fourth-order valence-corrected chi connectivity index (χ4v) is 1.79. The summed E-state index contributed by atoms with van der Waals surface area (Å²) in [5.41, 5.74) is 2.05. The van der Waals surface area contributed by atoms with E-state index in [0.717, 1.165) is 5.69 Å². The van der Waals surface area contributed by atoms with E-state index in [1.807, 2.05) is 38.1 Å². The first kappa shape index (κ1) is 12.9. The highest BCUT2D eigenvalue weighted by atomic mass is 16.6. The van der Waals surface area contributed by atoms with E-state index in [-0.39, 0.29) is 6.09 Å². The molecule has 0 aliphatic carbocycles. The maximum absolute atomic E-state index is 12.0. The number of anilines is 1. The van der Waals surface area contributed by atoms with Gasteiger partial charge in [-0.25, -0.2) is 4.79 Å². The molecule has 1 aromatic carbocycles. The molecule has 1 saturated heterocycles. The Balaban J connectivity index is 1.93. The van der Waals surface area contributed by atoms with Gasteiger partial charge in [-0.1, -0.05) is 17.7 Å². The van der Waals surface area contributed by atoms with E-state index in [0.29, 0.717) is 32.3 Å². The van der Waals surface area contributed by atoms with Gasteiger partial charge < -0.3 is 9.47 Å². The number of nitrogens with zero attached hydrogens (tertiary/aromatic N) is 1. The first-order valence-electron chi connectivity index (χ1n) is 6.29. The molecular weight excluding hydrogens is 230 g/mol. The van der Waals surface area contributed by atoms with Crippen LogP contribution in [-0.4, -0.2) is 32.5 Å². The van der Waals surface area contributed by atoms with Gasteiger partial charge in [0.05, 0.1) is 13.2 Å². The van der Waals surface area contributed by atoms with Crippen LogP contribution in [0.3, 0.4) is 0 Å². The maximum Gasteiger partial charge on any atom is 0.414 e. The van der Waals surface area contributed by atoms with Crippen molar-refractivity contribution >= 4 is 11.8 Å². The number of ether oxygens (including phenoxy) is 2. The van der Waals surface area contributed by atoms with Crippen LogP contribution in [0.1, 0.15) is 12.5 Å². The van der Waals surface area contributed by atoms with Gasteiger partial charge in [-0.3, -0.25) is 4.90 Å². The third-order valence-corrected chi connectivity index (χ3v) is 3.03. The minimum atomic E-state index is -0.284. The smallest absolute Gasteiger partial charge is 0.414 e. The van der Waals surface area contributed by atoms with Gasteiger partial charge in [0, 0.05) is 18.2 Å². The van der Waals surface area contributed by atoms with Gasteiger partial charge in [-0.15, -0.1) is 0 Å². The molecule has 0 saturated carbocycles. The van der Waals surface area contributed by atoms with Gasteiger partial charge in [-0.05, 0) is 26.0 Å². The molecule has 1 aliphatic rings. The van der Waals surface area contributed by atoms with Crippen LogP contribution in [0.15, 0.2) is 24.3 Å².